The summed E-state index contributed by atoms with van der Waals surface area (Å²) in [5.74, 6) is 0. The molecule has 2 aliphatic rings. The number of hydrogen-bond donors (Lipinski definition) is 2. The van der Waals surface area contributed by atoms with Crippen molar-refractivity contribution in [2.45, 2.75) is 39.0 Å². The quantitative estimate of drug-likeness (QED) is 0.111. The first-order valence-electron chi connectivity index (χ1n) is 16.6. The predicted molar refractivity (Wildman–Crippen MR) is 207 cm³/mol. The van der Waals surface area contributed by atoms with E-state index in [4.69, 9.17) is 15.9 Å². The van der Waals surface area contributed by atoms with Gasteiger partial charge < -0.3 is 15.9 Å². The average Bonchev–Trinajstić information content (AvgIpc) is 3.78. The van der Waals surface area contributed by atoms with E-state index in [-0.39, 0.29) is 0 Å². The number of furan rings is 1. The summed E-state index contributed by atoms with van der Waals surface area (Å²) < 4.78 is 6.67. The van der Waals surface area contributed by atoms with Crippen molar-refractivity contribution >= 4 is 33.7 Å². The molecule has 0 bridgehead atoms. The second kappa shape index (κ2) is 14.9. The van der Waals surface area contributed by atoms with Crippen molar-refractivity contribution in [2.75, 3.05) is 7.05 Å². The third-order valence-electron chi connectivity index (χ3n) is 9.15. The highest BCUT2D eigenvalue weighted by atomic mass is 16.3. The maximum atomic E-state index is 6.67. The van der Waals surface area contributed by atoms with E-state index in [1.165, 1.54) is 44.5 Å². The van der Waals surface area contributed by atoms with Crippen LogP contribution in [0.25, 0.3) is 38.6 Å². The van der Waals surface area contributed by atoms with Crippen LogP contribution < -0.4 is 11.5 Å². The molecule has 2 aliphatic carbocycles. The Morgan fingerprint density at radius 2 is 1.67 bits per heavy atom. The Balaban J connectivity index is 0.00000109. The van der Waals surface area contributed by atoms with E-state index >= 15 is 0 Å². The molecule has 242 valence electrons. The molecule has 4 heteroatoms. The first-order chi connectivity index (χ1) is 23.6. The van der Waals surface area contributed by atoms with Gasteiger partial charge in [0.05, 0.1) is 5.41 Å². The van der Waals surface area contributed by atoms with Gasteiger partial charge in [0, 0.05) is 41.4 Å². The van der Waals surface area contributed by atoms with Crippen LogP contribution in [0.1, 0.15) is 55.0 Å². The molecule has 1 aromatic heterocycles. The number of nitrogens with zero attached hydrogens (tertiary/aromatic N) is 1. The minimum Gasteiger partial charge on any atom is -0.455 e. The van der Waals surface area contributed by atoms with Crippen molar-refractivity contribution in [3.8, 4) is 11.1 Å². The van der Waals surface area contributed by atoms with Gasteiger partial charge in [0.2, 0.25) is 0 Å². The first kappa shape index (κ1) is 33.7. The molecule has 4 aromatic carbocycles. The van der Waals surface area contributed by atoms with Gasteiger partial charge in [-0.2, -0.15) is 0 Å². The van der Waals surface area contributed by atoms with Gasteiger partial charge in [0.25, 0.3) is 0 Å². The van der Waals surface area contributed by atoms with Crippen LogP contribution in [0, 0.1) is 0 Å². The van der Waals surface area contributed by atoms with Crippen molar-refractivity contribution < 1.29 is 4.42 Å². The zero-order chi connectivity index (χ0) is 34.3. The van der Waals surface area contributed by atoms with Gasteiger partial charge in [-0.05, 0) is 88.7 Å². The second-order valence-electron chi connectivity index (χ2n) is 11.4. The number of allylic oxidation sites excluding steroid dienone is 8. The molecule has 0 saturated heterocycles. The fraction of sp³-hybridized carbons (Fsp3) is 0.159. The van der Waals surface area contributed by atoms with E-state index in [1.54, 1.807) is 19.4 Å². The van der Waals surface area contributed by atoms with Crippen molar-refractivity contribution in [1.82, 2.24) is 0 Å². The number of rotatable bonds is 6. The Morgan fingerprint density at radius 1 is 0.896 bits per heavy atom. The van der Waals surface area contributed by atoms with Crippen LogP contribution >= 0.6 is 0 Å². The third kappa shape index (κ3) is 5.43. The summed E-state index contributed by atoms with van der Waals surface area (Å²) in [4.78, 5) is 4.28. The van der Waals surface area contributed by atoms with Gasteiger partial charge in [0.1, 0.15) is 11.2 Å². The largest absolute Gasteiger partial charge is 0.455 e. The molecule has 0 saturated carbocycles. The van der Waals surface area contributed by atoms with Crippen LogP contribution in [0.3, 0.4) is 0 Å². The molecule has 1 heterocycles. The van der Waals surface area contributed by atoms with Gasteiger partial charge >= 0.3 is 0 Å². The highest BCUT2D eigenvalue weighted by molar-refractivity contribution is 6.13. The van der Waals surface area contributed by atoms with Gasteiger partial charge in [-0.1, -0.05) is 105 Å². The van der Waals surface area contributed by atoms with E-state index in [1.807, 2.05) is 38.3 Å². The zero-order valence-electron chi connectivity index (χ0n) is 28.5. The molecule has 0 amide bonds. The fourth-order valence-corrected chi connectivity index (χ4v) is 7.29. The molecule has 0 fully saturated rings. The number of para-hydroxylation sites is 1. The second-order valence-corrected chi connectivity index (χ2v) is 11.4. The van der Waals surface area contributed by atoms with Crippen LogP contribution in [0.5, 0.6) is 0 Å². The topological polar surface area (TPSA) is 77.5 Å². The minimum atomic E-state index is -0.483. The lowest BCUT2D eigenvalue weighted by molar-refractivity contribution is 0.669. The molecule has 1 atom stereocenters. The van der Waals surface area contributed by atoms with Crippen LogP contribution in [-0.2, 0) is 11.8 Å². The SMILES string of the molecule is C/C=C(\C=C1/Cc2ccc(/C(C=NC)=C/N)cc2C12c1ccccc1-c1c2ccc2c1oc1ccccc12)C/C=C\C=C/N.C=C.CC. The van der Waals surface area contributed by atoms with Crippen LogP contribution in [0.2, 0.25) is 0 Å². The molecular formula is C44H45N3O. The Hall–Kier alpha value is -5.61. The number of benzene rings is 4. The summed E-state index contributed by atoms with van der Waals surface area (Å²) in [7, 11) is 1.78. The van der Waals surface area contributed by atoms with Gasteiger partial charge in [0.15, 0.2) is 0 Å². The molecule has 1 unspecified atom stereocenters. The van der Waals surface area contributed by atoms with Gasteiger partial charge in [-0.25, -0.2) is 0 Å². The Labute approximate surface area is 284 Å². The monoisotopic (exact) mass is 631 g/mol. The van der Waals surface area contributed by atoms with Crippen LogP contribution in [0.15, 0.2) is 155 Å². The summed E-state index contributed by atoms with van der Waals surface area (Å²) in [6, 6.07) is 28.5. The highest BCUT2D eigenvalue weighted by Crippen LogP contribution is 2.62. The molecule has 0 aliphatic heterocycles. The normalized spacial score (nSPS) is 17.6. The van der Waals surface area contributed by atoms with Crippen LogP contribution in [-0.4, -0.2) is 13.3 Å². The fourth-order valence-electron chi connectivity index (χ4n) is 7.29. The summed E-state index contributed by atoms with van der Waals surface area (Å²) in [5.41, 5.74) is 25.1. The average molecular weight is 632 g/mol. The van der Waals surface area contributed by atoms with Crippen molar-refractivity contribution in [1.29, 1.82) is 0 Å². The number of nitrogens with two attached hydrogens (primary N) is 2. The van der Waals surface area contributed by atoms with E-state index in [2.05, 4.69) is 116 Å². The van der Waals surface area contributed by atoms with Crippen molar-refractivity contribution in [3.63, 3.8) is 0 Å². The zero-order valence-corrected chi connectivity index (χ0v) is 28.5. The number of hydrogen-bond acceptors (Lipinski definition) is 4. The van der Waals surface area contributed by atoms with Gasteiger partial charge in [-0.3, -0.25) is 4.99 Å². The summed E-state index contributed by atoms with van der Waals surface area (Å²) in [6.07, 6.45) is 17.3. The highest BCUT2D eigenvalue weighted by Gasteiger charge is 2.52. The van der Waals surface area contributed by atoms with Crippen LogP contribution in [0.4, 0.5) is 0 Å². The Kier molecular flexibility index (Phi) is 10.5. The lowest BCUT2D eigenvalue weighted by Crippen LogP contribution is -2.26. The molecule has 0 radical (unpaired) electrons. The molecule has 1 spiro atoms. The number of aliphatic imine (C=N–C) groups is 1. The molecule has 5 aromatic rings. The summed E-state index contributed by atoms with van der Waals surface area (Å²) >= 11 is 0. The standard InChI is InChI=1S/C40H35N3O.C2H6.C2H4/c1-3-26(11-5-4-10-20-41)21-30-22-28-17-16-27(29(24-42)25-43-2)23-36(28)40(30)34-14-8-6-13-33(34)38-35(40)19-18-32-31-12-7-9-15-37(31)44-39(32)38;2*1-2/h3-10,12-21,23-25H,11,22,41-42H2,1-2H3;1-2H3;1-2H2/b5-4-,20-10-,26-3-,29-24+,30-21+,43-25?;;. The Bertz CT molecular complexity index is 2140. The predicted octanol–water partition coefficient (Wildman–Crippen LogP) is 10.6. The molecular weight excluding hydrogens is 587 g/mol. The molecule has 7 rings (SSSR count). The summed E-state index contributed by atoms with van der Waals surface area (Å²) in [5, 5.41) is 2.28. The lowest BCUT2D eigenvalue weighted by atomic mass is 9.70. The maximum Gasteiger partial charge on any atom is 0.143 e. The molecule has 4 nitrogen and oxygen atoms in total. The lowest BCUT2D eigenvalue weighted by Gasteiger charge is -2.31. The minimum absolute atomic E-state index is 0.483. The first-order valence-corrected chi connectivity index (χ1v) is 16.6. The van der Waals surface area contributed by atoms with Crippen molar-refractivity contribution in [3.05, 3.63) is 174 Å². The van der Waals surface area contributed by atoms with Gasteiger partial charge in [-0.15, -0.1) is 13.2 Å². The molecule has 48 heavy (non-hydrogen) atoms. The van der Waals surface area contributed by atoms with E-state index in [9.17, 15) is 0 Å². The third-order valence-corrected chi connectivity index (χ3v) is 9.15. The smallest absolute Gasteiger partial charge is 0.143 e. The van der Waals surface area contributed by atoms with Crippen molar-refractivity contribution in [2.24, 2.45) is 16.5 Å². The Morgan fingerprint density at radius 3 is 2.42 bits per heavy atom. The van der Waals surface area contributed by atoms with E-state index in [0.29, 0.717) is 0 Å². The van der Waals surface area contributed by atoms with E-state index < -0.39 is 5.41 Å². The van der Waals surface area contributed by atoms with E-state index in [0.717, 1.165) is 45.9 Å². The summed E-state index contributed by atoms with van der Waals surface area (Å²) in [6.45, 7) is 12.1. The number of fused-ring (bicyclic) bond motifs is 11. The maximum absolute atomic E-state index is 6.67. The molecule has 4 N–H and O–H groups in total.